The Balaban J connectivity index is 1.83. The number of unbranched alkanes of at least 4 members (excludes halogenated alkanes) is 3. The number of benzene rings is 2. The number of hydrogen-bond acceptors (Lipinski definition) is 6. The van der Waals surface area contributed by atoms with Gasteiger partial charge in [-0.2, -0.15) is 0 Å². The molecule has 6 heteroatoms. The Kier molecular flexibility index (Phi) is 7.85. The molecule has 3 aromatic rings. The summed E-state index contributed by atoms with van der Waals surface area (Å²) >= 11 is 0. The lowest BCUT2D eigenvalue weighted by atomic mass is 10.1. The van der Waals surface area contributed by atoms with Crippen molar-refractivity contribution >= 4 is 16.7 Å². The summed E-state index contributed by atoms with van der Waals surface area (Å²) in [5, 5.41) is 4.46. The van der Waals surface area contributed by atoms with Crippen LogP contribution in [-0.2, 0) is 0 Å². The summed E-state index contributed by atoms with van der Waals surface area (Å²) in [6, 6.07) is 13.9. The monoisotopic (exact) mass is 408 g/mol. The Bertz CT molecular complexity index is 945. The highest BCUT2D eigenvalue weighted by Crippen LogP contribution is 2.35. The molecule has 1 heterocycles. The van der Waals surface area contributed by atoms with E-state index in [-0.39, 0.29) is 0 Å². The summed E-state index contributed by atoms with van der Waals surface area (Å²) in [6.07, 6.45) is 4.78. The number of rotatable bonds is 11. The number of aromatic nitrogens is 2. The van der Waals surface area contributed by atoms with Crippen LogP contribution in [-0.4, -0.2) is 56.3 Å². The largest absolute Gasteiger partial charge is 0.493 e. The first-order chi connectivity index (χ1) is 14.6. The van der Waals surface area contributed by atoms with Crippen LogP contribution < -0.4 is 14.8 Å². The van der Waals surface area contributed by atoms with Gasteiger partial charge in [-0.25, -0.2) is 9.97 Å². The SMILES string of the molecule is COc1cc2nc(-c3ccccc3)nc(NCCCCCCN(C)C)c2cc1OC. The van der Waals surface area contributed by atoms with Crippen LogP contribution in [0.1, 0.15) is 25.7 Å². The zero-order valence-corrected chi connectivity index (χ0v) is 18.4. The Morgan fingerprint density at radius 3 is 2.27 bits per heavy atom. The van der Waals surface area contributed by atoms with Gasteiger partial charge in [-0.1, -0.05) is 43.2 Å². The van der Waals surface area contributed by atoms with Gasteiger partial charge in [0.25, 0.3) is 0 Å². The standard InChI is InChI=1S/C24H32N4O2/c1-28(2)15-11-6-5-10-14-25-24-19-16-21(29-3)22(30-4)17-20(19)26-23(27-24)18-12-8-7-9-13-18/h7-9,12-13,16-17H,5-6,10-11,14-15H2,1-4H3,(H,25,26,27). The first-order valence-corrected chi connectivity index (χ1v) is 10.5. The van der Waals surface area contributed by atoms with E-state index < -0.39 is 0 Å². The molecule has 0 amide bonds. The van der Waals surface area contributed by atoms with Crippen LogP contribution in [0.3, 0.4) is 0 Å². The Morgan fingerprint density at radius 1 is 0.867 bits per heavy atom. The van der Waals surface area contributed by atoms with Gasteiger partial charge in [-0.05, 0) is 39.5 Å². The Labute approximate surface area is 179 Å². The molecular formula is C24H32N4O2. The molecule has 0 unspecified atom stereocenters. The molecule has 0 atom stereocenters. The predicted molar refractivity (Wildman–Crippen MR) is 124 cm³/mol. The molecule has 6 nitrogen and oxygen atoms in total. The van der Waals surface area contributed by atoms with Crippen molar-refractivity contribution in [2.75, 3.05) is 46.7 Å². The van der Waals surface area contributed by atoms with Crippen molar-refractivity contribution in [3.63, 3.8) is 0 Å². The number of anilines is 1. The summed E-state index contributed by atoms with van der Waals surface area (Å²) in [6.45, 7) is 2.02. The fourth-order valence-electron chi connectivity index (χ4n) is 3.42. The number of nitrogens with zero attached hydrogens (tertiary/aromatic N) is 3. The maximum absolute atomic E-state index is 5.49. The van der Waals surface area contributed by atoms with E-state index in [1.807, 2.05) is 42.5 Å². The molecular weight excluding hydrogens is 376 g/mol. The molecule has 0 radical (unpaired) electrons. The zero-order valence-electron chi connectivity index (χ0n) is 18.4. The maximum Gasteiger partial charge on any atom is 0.162 e. The normalized spacial score (nSPS) is 11.1. The van der Waals surface area contributed by atoms with Crippen molar-refractivity contribution in [3.05, 3.63) is 42.5 Å². The van der Waals surface area contributed by atoms with Gasteiger partial charge in [0.15, 0.2) is 17.3 Å². The third kappa shape index (κ3) is 5.60. The van der Waals surface area contributed by atoms with Crippen LogP contribution in [0.25, 0.3) is 22.3 Å². The molecule has 2 aromatic carbocycles. The van der Waals surface area contributed by atoms with Crippen molar-refractivity contribution in [2.24, 2.45) is 0 Å². The molecule has 30 heavy (non-hydrogen) atoms. The maximum atomic E-state index is 5.49. The van der Waals surface area contributed by atoms with Gasteiger partial charge in [-0.3, -0.25) is 0 Å². The molecule has 3 rings (SSSR count). The Morgan fingerprint density at radius 2 is 1.57 bits per heavy atom. The van der Waals surface area contributed by atoms with Gasteiger partial charge in [0.05, 0.1) is 19.7 Å². The lowest BCUT2D eigenvalue weighted by molar-refractivity contribution is 0.356. The molecule has 0 aliphatic rings. The summed E-state index contributed by atoms with van der Waals surface area (Å²) in [5.74, 6) is 2.86. The van der Waals surface area contributed by atoms with E-state index in [9.17, 15) is 0 Å². The van der Waals surface area contributed by atoms with Crippen LogP contribution in [0, 0.1) is 0 Å². The molecule has 1 aromatic heterocycles. The number of fused-ring (bicyclic) bond motifs is 1. The lowest BCUT2D eigenvalue weighted by Gasteiger charge is -2.14. The minimum absolute atomic E-state index is 0.662. The predicted octanol–water partition coefficient (Wildman–Crippen LogP) is 4.85. The van der Waals surface area contributed by atoms with Crippen LogP contribution in [0.15, 0.2) is 42.5 Å². The van der Waals surface area contributed by atoms with Gasteiger partial charge in [0, 0.05) is 23.6 Å². The van der Waals surface area contributed by atoms with E-state index in [2.05, 4.69) is 24.3 Å². The van der Waals surface area contributed by atoms with Crippen molar-refractivity contribution in [1.29, 1.82) is 0 Å². The zero-order chi connectivity index (χ0) is 21.3. The first-order valence-electron chi connectivity index (χ1n) is 10.5. The quantitative estimate of drug-likeness (QED) is 0.458. The van der Waals surface area contributed by atoms with Crippen molar-refractivity contribution in [3.8, 4) is 22.9 Å². The van der Waals surface area contributed by atoms with Crippen molar-refractivity contribution < 1.29 is 9.47 Å². The van der Waals surface area contributed by atoms with E-state index in [4.69, 9.17) is 19.4 Å². The molecule has 0 bridgehead atoms. The average molecular weight is 409 g/mol. The van der Waals surface area contributed by atoms with Crippen LogP contribution in [0.2, 0.25) is 0 Å². The molecule has 0 fully saturated rings. The summed E-state index contributed by atoms with van der Waals surface area (Å²) in [5.41, 5.74) is 1.82. The van der Waals surface area contributed by atoms with Gasteiger partial charge in [0.2, 0.25) is 0 Å². The highest BCUT2D eigenvalue weighted by Gasteiger charge is 2.14. The van der Waals surface area contributed by atoms with E-state index in [0.29, 0.717) is 17.3 Å². The van der Waals surface area contributed by atoms with Gasteiger partial charge in [0.1, 0.15) is 5.82 Å². The first kappa shape index (κ1) is 21.8. The van der Waals surface area contributed by atoms with Gasteiger partial charge in [-0.15, -0.1) is 0 Å². The van der Waals surface area contributed by atoms with Crippen molar-refractivity contribution in [2.45, 2.75) is 25.7 Å². The third-order valence-electron chi connectivity index (χ3n) is 5.06. The van der Waals surface area contributed by atoms with Gasteiger partial charge >= 0.3 is 0 Å². The fraction of sp³-hybridized carbons (Fsp3) is 0.417. The molecule has 0 saturated carbocycles. The molecule has 0 saturated heterocycles. The molecule has 160 valence electrons. The highest BCUT2D eigenvalue weighted by molar-refractivity contribution is 5.93. The number of nitrogens with one attached hydrogen (secondary N) is 1. The third-order valence-corrected chi connectivity index (χ3v) is 5.06. The van der Waals surface area contributed by atoms with Crippen LogP contribution >= 0.6 is 0 Å². The smallest absolute Gasteiger partial charge is 0.162 e. The van der Waals surface area contributed by atoms with Gasteiger partial charge < -0.3 is 19.7 Å². The lowest BCUT2D eigenvalue weighted by Crippen LogP contribution is -2.12. The van der Waals surface area contributed by atoms with Crippen molar-refractivity contribution in [1.82, 2.24) is 14.9 Å². The summed E-state index contributed by atoms with van der Waals surface area (Å²) in [4.78, 5) is 11.9. The number of ether oxygens (including phenoxy) is 2. The highest BCUT2D eigenvalue weighted by atomic mass is 16.5. The average Bonchev–Trinajstić information content (AvgIpc) is 2.77. The summed E-state index contributed by atoms with van der Waals surface area (Å²) < 4.78 is 11.0. The minimum atomic E-state index is 0.662. The van der Waals surface area contributed by atoms with Crippen LogP contribution in [0.5, 0.6) is 11.5 Å². The topological polar surface area (TPSA) is 59.5 Å². The van der Waals surface area contributed by atoms with E-state index in [0.717, 1.165) is 41.8 Å². The second-order valence-electron chi connectivity index (χ2n) is 7.63. The van der Waals surface area contributed by atoms with Crippen LogP contribution in [0.4, 0.5) is 5.82 Å². The second-order valence-corrected chi connectivity index (χ2v) is 7.63. The molecule has 1 N–H and O–H groups in total. The number of hydrogen-bond donors (Lipinski definition) is 1. The number of methoxy groups -OCH3 is 2. The summed E-state index contributed by atoms with van der Waals surface area (Å²) in [7, 11) is 7.52. The second kappa shape index (κ2) is 10.8. The molecule has 0 spiro atoms. The molecule has 0 aliphatic heterocycles. The van der Waals surface area contributed by atoms with E-state index >= 15 is 0 Å². The van der Waals surface area contributed by atoms with E-state index in [1.165, 1.54) is 19.3 Å². The van der Waals surface area contributed by atoms with E-state index in [1.54, 1.807) is 14.2 Å². The minimum Gasteiger partial charge on any atom is -0.493 e. The fourth-order valence-corrected chi connectivity index (χ4v) is 3.42. The molecule has 0 aliphatic carbocycles. The Hall–Kier alpha value is -2.86.